The molecular weight excluding hydrogens is 242 g/mol. The van der Waals surface area contributed by atoms with Crippen LogP contribution in [-0.2, 0) is 4.79 Å². The van der Waals surface area contributed by atoms with Gasteiger partial charge in [0, 0.05) is 12.6 Å². The van der Waals surface area contributed by atoms with Gasteiger partial charge in [0.25, 0.3) is 0 Å². The van der Waals surface area contributed by atoms with Gasteiger partial charge in [0.15, 0.2) is 0 Å². The predicted molar refractivity (Wildman–Crippen MR) is 75.8 cm³/mol. The first-order valence-electron chi connectivity index (χ1n) is 7.27. The van der Waals surface area contributed by atoms with Crippen molar-refractivity contribution in [2.24, 2.45) is 11.8 Å². The Balaban J connectivity index is 2.38. The molecule has 0 spiro atoms. The molecule has 0 bridgehead atoms. The molecule has 0 saturated heterocycles. The number of nitrogens with one attached hydrogen (secondary N) is 3. The van der Waals surface area contributed by atoms with Crippen molar-refractivity contribution in [3.63, 3.8) is 0 Å². The maximum absolute atomic E-state index is 11.8. The van der Waals surface area contributed by atoms with Crippen LogP contribution >= 0.6 is 0 Å². The summed E-state index contributed by atoms with van der Waals surface area (Å²) in [5.41, 5.74) is 0. The molecule has 0 radical (unpaired) electrons. The highest BCUT2D eigenvalue weighted by Crippen LogP contribution is 2.28. The zero-order chi connectivity index (χ0) is 14.4. The van der Waals surface area contributed by atoms with Crippen molar-refractivity contribution >= 4 is 11.9 Å². The van der Waals surface area contributed by atoms with Crippen LogP contribution < -0.4 is 16.0 Å². The van der Waals surface area contributed by atoms with Gasteiger partial charge in [-0.25, -0.2) is 4.79 Å². The maximum atomic E-state index is 11.8. The van der Waals surface area contributed by atoms with Crippen molar-refractivity contribution in [3.05, 3.63) is 0 Å². The van der Waals surface area contributed by atoms with E-state index in [9.17, 15) is 9.59 Å². The number of carbonyl (C=O) groups is 2. The second-order valence-corrected chi connectivity index (χ2v) is 5.85. The summed E-state index contributed by atoms with van der Waals surface area (Å²) in [6, 6.07) is -0.398. The molecule has 0 aromatic heterocycles. The lowest BCUT2D eigenvalue weighted by Crippen LogP contribution is -2.51. The van der Waals surface area contributed by atoms with Crippen molar-refractivity contribution in [1.29, 1.82) is 0 Å². The molecule has 1 rings (SSSR count). The van der Waals surface area contributed by atoms with Crippen molar-refractivity contribution in [2.75, 3.05) is 6.54 Å². The second-order valence-electron chi connectivity index (χ2n) is 5.85. The highest BCUT2D eigenvalue weighted by molar-refractivity contribution is 5.96. The van der Waals surface area contributed by atoms with E-state index in [0.29, 0.717) is 24.4 Å². The number of rotatable bonds is 4. The van der Waals surface area contributed by atoms with Crippen LogP contribution in [0.1, 0.15) is 47.0 Å². The Bertz CT molecular complexity index is 310. The van der Waals surface area contributed by atoms with Gasteiger partial charge in [-0.3, -0.25) is 10.1 Å². The highest BCUT2D eigenvalue weighted by atomic mass is 16.2. The molecule has 1 fully saturated rings. The van der Waals surface area contributed by atoms with E-state index in [4.69, 9.17) is 0 Å². The summed E-state index contributed by atoms with van der Waals surface area (Å²) in [7, 11) is 0. The number of urea groups is 1. The van der Waals surface area contributed by atoms with Crippen LogP contribution in [0.4, 0.5) is 4.79 Å². The van der Waals surface area contributed by atoms with Gasteiger partial charge >= 0.3 is 6.03 Å². The summed E-state index contributed by atoms with van der Waals surface area (Å²) >= 11 is 0. The second kappa shape index (κ2) is 7.48. The Morgan fingerprint density at radius 1 is 1.16 bits per heavy atom. The molecule has 3 unspecified atom stereocenters. The molecular formula is C14H27N3O2. The minimum absolute atomic E-state index is 0.267. The number of carbonyl (C=O) groups excluding carboxylic acids is 2. The van der Waals surface area contributed by atoms with E-state index in [1.54, 1.807) is 6.92 Å². The molecule has 0 heterocycles. The summed E-state index contributed by atoms with van der Waals surface area (Å²) in [6.45, 7) is 8.64. The maximum Gasteiger partial charge on any atom is 0.321 e. The first-order chi connectivity index (χ1) is 8.92. The molecule has 3 N–H and O–H groups in total. The van der Waals surface area contributed by atoms with Gasteiger partial charge in [-0.05, 0) is 44.9 Å². The minimum Gasteiger partial charge on any atom is -0.338 e. The SMILES string of the molecule is CCNC(=O)NC(=O)C(C)NC1CC(C)CC(C)C1. The lowest BCUT2D eigenvalue weighted by atomic mass is 9.80. The fraction of sp³-hybridized carbons (Fsp3) is 0.857. The third-order valence-electron chi connectivity index (χ3n) is 3.63. The minimum atomic E-state index is -0.425. The largest absolute Gasteiger partial charge is 0.338 e. The van der Waals surface area contributed by atoms with E-state index in [0.717, 1.165) is 12.8 Å². The molecule has 110 valence electrons. The average molecular weight is 269 g/mol. The van der Waals surface area contributed by atoms with E-state index >= 15 is 0 Å². The van der Waals surface area contributed by atoms with E-state index in [2.05, 4.69) is 29.8 Å². The molecule has 5 nitrogen and oxygen atoms in total. The third-order valence-corrected chi connectivity index (χ3v) is 3.63. The van der Waals surface area contributed by atoms with Gasteiger partial charge < -0.3 is 10.6 Å². The summed E-state index contributed by atoms with van der Waals surface area (Å²) in [6.07, 6.45) is 3.46. The highest BCUT2D eigenvalue weighted by Gasteiger charge is 2.26. The third kappa shape index (κ3) is 5.59. The van der Waals surface area contributed by atoms with Gasteiger partial charge in [-0.15, -0.1) is 0 Å². The number of hydrogen-bond acceptors (Lipinski definition) is 3. The summed E-state index contributed by atoms with van der Waals surface area (Å²) in [5, 5.41) is 8.23. The number of hydrogen-bond donors (Lipinski definition) is 3. The molecule has 19 heavy (non-hydrogen) atoms. The van der Waals surface area contributed by atoms with Crippen molar-refractivity contribution in [1.82, 2.24) is 16.0 Å². The van der Waals surface area contributed by atoms with Gasteiger partial charge in [-0.2, -0.15) is 0 Å². The van der Waals surface area contributed by atoms with E-state index < -0.39 is 6.03 Å². The van der Waals surface area contributed by atoms with Gasteiger partial charge in [0.05, 0.1) is 6.04 Å². The van der Waals surface area contributed by atoms with Crippen molar-refractivity contribution < 1.29 is 9.59 Å². The zero-order valence-electron chi connectivity index (χ0n) is 12.5. The predicted octanol–water partition coefficient (Wildman–Crippen LogP) is 1.63. The molecule has 1 aliphatic carbocycles. The lowest BCUT2D eigenvalue weighted by Gasteiger charge is -2.33. The molecule has 3 atom stereocenters. The lowest BCUT2D eigenvalue weighted by molar-refractivity contribution is -0.122. The number of imide groups is 1. The van der Waals surface area contributed by atoms with Gasteiger partial charge in [0.1, 0.15) is 0 Å². The summed E-state index contributed by atoms with van der Waals surface area (Å²) in [5.74, 6) is 1.12. The van der Waals surface area contributed by atoms with Crippen LogP contribution in [0.5, 0.6) is 0 Å². The van der Waals surface area contributed by atoms with Gasteiger partial charge in [0.2, 0.25) is 5.91 Å². The molecule has 0 aromatic carbocycles. The molecule has 1 saturated carbocycles. The Morgan fingerprint density at radius 3 is 2.26 bits per heavy atom. The van der Waals surface area contributed by atoms with E-state index in [1.165, 1.54) is 6.42 Å². The number of amides is 3. The Labute approximate surface area is 115 Å². The Hall–Kier alpha value is -1.10. The fourth-order valence-electron chi connectivity index (χ4n) is 2.94. The summed E-state index contributed by atoms with van der Waals surface area (Å²) < 4.78 is 0. The van der Waals surface area contributed by atoms with E-state index in [1.807, 2.05) is 6.92 Å². The molecule has 1 aliphatic rings. The molecule has 0 aromatic rings. The summed E-state index contributed by atoms with van der Waals surface area (Å²) in [4.78, 5) is 23.1. The van der Waals surface area contributed by atoms with Crippen LogP contribution in [0.2, 0.25) is 0 Å². The van der Waals surface area contributed by atoms with Crippen LogP contribution in [0.15, 0.2) is 0 Å². The molecule has 3 amide bonds. The Morgan fingerprint density at radius 2 is 1.74 bits per heavy atom. The smallest absolute Gasteiger partial charge is 0.321 e. The van der Waals surface area contributed by atoms with Crippen molar-refractivity contribution in [2.45, 2.75) is 59.0 Å². The quantitative estimate of drug-likeness (QED) is 0.726. The Kier molecular flexibility index (Phi) is 6.28. The van der Waals surface area contributed by atoms with Gasteiger partial charge in [-0.1, -0.05) is 13.8 Å². The standard InChI is InChI=1S/C14H27N3O2/c1-5-15-14(19)17-13(18)11(4)16-12-7-9(2)6-10(3)8-12/h9-12,16H,5-8H2,1-4H3,(H2,15,17,18,19). The average Bonchev–Trinajstić information content (AvgIpc) is 2.27. The molecule has 0 aliphatic heterocycles. The fourth-order valence-corrected chi connectivity index (χ4v) is 2.94. The van der Waals surface area contributed by atoms with Crippen LogP contribution in [0.25, 0.3) is 0 Å². The van der Waals surface area contributed by atoms with Crippen LogP contribution in [0.3, 0.4) is 0 Å². The topological polar surface area (TPSA) is 70.2 Å². The van der Waals surface area contributed by atoms with Crippen molar-refractivity contribution in [3.8, 4) is 0 Å². The first-order valence-corrected chi connectivity index (χ1v) is 7.27. The molecule has 5 heteroatoms. The zero-order valence-corrected chi connectivity index (χ0v) is 12.5. The van der Waals surface area contributed by atoms with E-state index in [-0.39, 0.29) is 11.9 Å². The normalized spacial score (nSPS) is 28.5. The monoisotopic (exact) mass is 269 g/mol. The van der Waals surface area contributed by atoms with Crippen LogP contribution in [0, 0.1) is 11.8 Å². The van der Waals surface area contributed by atoms with Crippen LogP contribution in [-0.4, -0.2) is 30.6 Å². The first kappa shape index (κ1) is 16.0.